The van der Waals surface area contributed by atoms with E-state index in [0.717, 1.165) is 6.26 Å². The van der Waals surface area contributed by atoms with E-state index in [1.165, 1.54) is 12.1 Å². The Kier molecular flexibility index (Phi) is 5.42. The van der Waals surface area contributed by atoms with Gasteiger partial charge in [0, 0.05) is 5.56 Å². The molecule has 0 atom stereocenters. The number of nitrogens with one attached hydrogen (secondary N) is 2. The summed E-state index contributed by atoms with van der Waals surface area (Å²) in [6.07, 6.45) is 0.976. The van der Waals surface area contributed by atoms with Gasteiger partial charge in [-0.2, -0.15) is 0 Å². The number of carbonyl (C=O) groups excluding carboxylic acids is 1. The molecule has 0 aromatic heterocycles. The largest absolute Gasteiger partial charge is 0.508 e. The van der Waals surface area contributed by atoms with Crippen LogP contribution in [-0.4, -0.2) is 30.8 Å². The van der Waals surface area contributed by atoms with Gasteiger partial charge in [-0.3, -0.25) is 9.52 Å². The highest BCUT2D eigenvalue weighted by Gasteiger charge is 2.21. The molecule has 0 aliphatic rings. The van der Waals surface area contributed by atoms with Crippen LogP contribution in [0.5, 0.6) is 11.5 Å². The lowest BCUT2D eigenvalue weighted by Crippen LogP contribution is -2.17. The van der Waals surface area contributed by atoms with Gasteiger partial charge in [0.1, 0.15) is 5.75 Å². The molecule has 0 spiro atoms. The third kappa shape index (κ3) is 5.13. The highest BCUT2D eigenvalue weighted by molar-refractivity contribution is 7.92. The summed E-state index contributed by atoms with van der Waals surface area (Å²) in [6, 6.07) is 7.60. The Hall–Kier alpha value is -2.74. The molecule has 2 aromatic rings. The molecule has 0 unspecified atom stereocenters. The molecular formula is C19H24N2O5S. The highest BCUT2D eigenvalue weighted by atomic mass is 32.2. The predicted molar refractivity (Wildman–Crippen MR) is 106 cm³/mol. The predicted octanol–water partition coefficient (Wildman–Crippen LogP) is 3.33. The van der Waals surface area contributed by atoms with Crippen molar-refractivity contribution in [3.63, 3.8) is 0 Å². The van der Waals surface area contributed by atoms with Crippen molar-refractivity contribution < 1.29 is 23.4 Å². The molecule has 0 bridgehead atoms. The van der Waals surface area contributed by atoms with Crippen LogP contribution in [-0.2, 0) is 15.4 Å². The number of phenols is 2. The first kappa shape index (κ1) is 20.6. The summed E-state index contributed by atoms with van der Waals surface area (Å²) in [5, 5.41) is 22.8. The number of hydrogen-bond donors (Lipinski definition) is 4. The number of aromatic hydroxyl groups is 2. The molecule has 0 saturated heterocycles. The van der Waals surface area contributed by atoms with Gasteiger partial charge in [0.2, 0.25) is 10.0 Å². The number of aryl methyl sites for hydroxylation is 1. The topological polar surface area (TPSA) is 116 Å². The van der Waals surface area contributed by atoms with Gasteiger partial charge in [0.25, 0.3) is 5.91 Å². The number of rotatable bonds is 4. The molecule has 2 rings (SSSR count). The first-order valence-electron chi connectivity index (χ1n) is 8.24. The number of carbonyl (C=O) groups is 1. The van der Waals surface area contributed by atoms with Gasteiger partial charge >= 0.3 is 0 Å². The maximum atomic E-state index is 12.5. The maximum absolute atomic E-state index is 12.5. The minimum atomic E-state index is -3.63. The molecule has 0 fully saturated rings. The second-order valence-electron chi connectivity index (χ2n) is 7.50. The minimum absolute atomic E-state index is 0.0188. The molecule has 27 heavy (non-hydrogen) atoms. The molecule has 0 saturated carbocycles. The Bertz CT molecular complexity index is 992. The summed E-state index contributed by atoms with van der Waals surface area (Å²) in [5.74, 6) is -0.954. The Labute approximate surface area is 159 Å². The Balaban J connectivity index is 2.49. The van der Waals surface area contributed by atoms with Gasteiger partial charge in [-0.1, -0.05) is 26.8 Å². The smallest absolute Gasteiger partial charge is 0.255 e. The number of amides is 1. The number of anilines is 2. The van der Waals surface area contributed by atoms with Crippen molar-refractivity contribution in [2.75, 3.05) is 16.3 Å². The van der Waals surface area contributed by atoms with Crippen molar-refractivity contribution in [3.8, 4) is 11.5 Å². The fraction of sp³-hybridized carbons (Fsp3) is 0.316. The molecule has 4 N–H and O–H groups in total. The van der Waals surface area contributed by atoms with Crippen LogP contribution in [0, 0.1) is 6.92 Å². The number of sulfonamides is 1. The van der Waals surface area contributed by atoms with E-state index in [0.29, 0.717) is 11.1 Å². The van der Waals surface area contributed by atoms with Gasteiger partial charge in [0.05, 0.1) is 17.6 Å². The number of hydrogen-bond acceptors (Lipinski definition) is 5. The first-order valence-corrected chi connectivity index (χ1v) is 10.1. The standard InChI is InChI=1S/C19H24N2O5S/c1-11-6-7-12(8-16(11)22)18(24)20-14-9-13(19(2,3)4)10-15(17(14)23)21-27(5,25)26/h6-10,21-23H,1-5H3,(H,20,24). The van der Waals surface area contributed by atoms with Crippen molar-refractivity contribution >= 4 is 27.3 Å². The third-order valence-corrected chi connectivity index (χ3v) is 4.58. The van der Waals surface area contributed by atoms with E-state index in [1.807, 2.05) is 20.8 Å². The van der Waals surface area contributed by atoms with E-state index in [-0.39, 0.29) is 28.1 Å². The van der Waals surface area contributed by atoms with E-state index < -0.39 is 21.7 Å². The van der Waals surface area contributed by atoms with Crippen LogP contribution in [0.3, 0.4) is 0 Å². The Morgan fingerprint density at radius 1 is 1.04 bits per heavy atom. The highest BCUT2D eigenvalue weighted by Crippen LogP contribution is 2.38. The fourth-order valence-electron chi connectivity index (χ4n) is 2.39. The normalized spacial score (nSPS) is 11.9. The summed E-state index contributed by atoms with van der Waals surface area (Å²) < 4.78 is 25.5. The fourth-order valence-corrected chi connectivity index (χ4v) is 2.94. The lowest BCUT2D eigenvalue weighted by molar-refractivity contribution is 0.102. The average molecular weight is 392 g/mol. The average Bonchev–Trinajstić information content (AvgIpc) is 2.51. The third-order valence-electron chi connectivity index (χ3n) is 3.99. The second-order valence-corrected chi connectivity index (χ2v) is 9.25. The summed E-state index contributed by atoms with van der Waals surface area (Å²) >= 11 is 0. The van der Waals surface area contributed by atoms with Crippen molar-refractivity contribution in [2.45, 2.75) is 33.1 Å². The molecule has 0 aliphatic heterocycles. The molecule has 0 radical (unpaired) electrons. The van der Waals surface area contributed by atoms with E-state index in [1.54, 1.807) is 25.1 Å². The quantitative estimate of drug-likeness (QED) is 0.596. The zero-order chi connectivity index (χ0) is 20.6. The Morgan fingerprint density at radius 2 is 1.63 bits per heavy atom. The van der Waals surface area contributed by atoms with Crippen molar-refractivity contribution in [3.05, 3.63) is 47.0 Å². The van der Waals surface area contributed by atoms with Crippen molar-refractivity contribution in [1.29, 1.82) is 0 Å². The molecule has 7 nitrogen and oxygen atoms in total. The summed E-state index contributed by atoms with van der Waals surface area (Å²) in [5.41, 5.74) is 1.24. The molecule has 2 aromatic carbocycles. The van der Waals surface area contributed by atoms with E-state index in [4.69, 9.17) is 0 Å². The molecule has 146 valence electrons. The molecular weight excluding hydrogens is 368 g/mol. The molecule has 1 amide bonds. The first-order chi connectivity index (χ1) is 12.3. The molecule has 0 aliphatic carbocycles. The lowest BCUT2D eigenvalue weighted by Gasteiger charge is -2.22. The van der Waals surface area contributed by atoms with Crippen LogP contribution in [0.15, 0.2) is 30.3 Å². The van der Waals surface area contributed by atoms with Crippen LogP contribution in [0.25, 0.3) is 0 Å². The van der Waals surface area contributed by atoms with Crippen molar-refractivity contribution in [1.82, 2.24) is 0 Å². The summed E-state index contributed by atoms with van der Waals surface area (Å²) in [4.78, 5) is 12.5. The van der Waals surface area contributed by atoms with E-state index in [9.17, 15) is 23.4 Å². The van der Waals surface area contributed by atoms with Crippen molar-refractivity contribution in [2.24, 2.45) is 0 Å². The van der Waals surface area contributed by atoms with Gasteiger partial charge in [-0.25, -0.2) is 8.42 Å². The maximum Gasteiger partial charge on any atom is 0.255 e. The zero-order valence-electron chi connectivity index (χ0n) is 15.9. The second kappa shape index (κ2) is 7.11. The van der Waals surface area contributed by atoms with Crippen LogP contribution >= 0.6 is 0 Å². The van der Waals surface area contributed by atoms with E-state index in [2.05, 4.69) is 10.0 Å². The number of benzene rings is 2. The van der Waals surface area contributed by atoms with Gasteiger partial charge in [0.15, 0.2) is 5.75 Å². The Morgan fingerprint density at radius 3 is 2.15 bits per heavy atom. The molecule has 0 heterocycles. The van der Waals surface area contributed by atoms with Crippen LogP contribution in [0.1, 0.15) is 42.3 Å². The lowest BCUT2D eigenvalue weighted by atomic mass is 9.86. The monoisotopic (exact) mass is 392 g/mol. The zero-order valence-corrected chi connectivity index (χ0v) is 16.7. The summed E-state index contributed by atoms with van der Waals surface area (Å²) in [7, 11) is -3.63. The SMILES string of the molecule is Cc1ccc(C(=O)Nc2cc(C(C)(C)C)cc(NS(C)(=O)=O)c2O)cc1O. The minimum Gasteiger partial charge on any atom is -0.508 e. The van der Waals surface area contributed by atoms with E-state index >= 15 is 0 Å². The van der Waals surface area contributed by atoms with Gasteiger partial charge < -0.3 is 15.5 Å². The van der Waals surface area contributed by atoms with Crippen LogP contribution < -0.4 is 10.0 Å². The van der Waals surface area contributed by atoms with Gasteiger partial charge in [-0.05, 0) is 47.7 Å². The number of phenolic OH excluding ortho intramolecular Hbond substituents is 2. The molecule has 8 heteroatoms. The summed E-state index contributed by atoms with van der Waals surface area (Å²) in [6.45, 7) is 7.48. The van der Waals surface area contributed by atoms with Crippen LogP contribution in [0.4, 0.5) is 11.4 Å². The van der Waals surface area contributed by atoms with Crippen LogP contribution in [0.2, 0.25) is 0 Å². The van der Waals surface area contributed by atoms with Gasteiger partial charge in [-0.15, -0.1) is 0 Å².